The van der Waals surface area contributed by atoms with Gasteiger partial charge in [0.1, 0.15) is 6.61 Å². The monoisotopic (exact) mass is 883 g/mol. The van der Waals surface area contributed by atoms with Crippen molar-refractivity contribution in [2.24, 2.45) is 0 Å². The average molecular weight is 883 g/mol. The predicted molar refractivity (Wildman–Crippen MR) is 278 cm³/mol. The van der Waals surface area contributed by atoms with Crippen LogP contribution in [0.3, 0.4) is 0 Å². The lowest BCUT2D eigenvalue weighted by molar-refractivity contribution is -0.162. The maximum atomic E-state index is 12.8. The number of carbonyl (C=O) groups excluding carboxylic acids is 2. The van der Waals surface area contributed by atoms with Gasteiger partial charge < -0.3 is 14.2 Å². The van der Waals surface area contributed by atoms with E-state index in [1.807, 2.05) is 6.08 Å². The molecular weight excluding hydrogens is 789 g/mol. The molecule has 0 fully saturated rings. The Hall–Kier alpha value is -3.96. The number of allylic oxidation sites excluding steroid dienone is 21. The molecule has 0 aromatic heterocycles. The molecule has 0 aliphatic heterocycles. The van der Waals surface area contributed by atoms with Crippen LogP contribution in [0.2, 0.25) is 0 Å². The molecule has 5 nitrogen and oxygen atoms in total. The maximum Gasteiger partial charge on any atom is 0.306 e. The molecule has 0 aromatic carbocycles. The summed E-state index contributed by atoms with van der Waals surface area (Å²) >= 11 is 0. The first-order valence-electron chi connectivity index (χ1n) is 25.7. The summed E-state index contributed by atoms with van der Waals surface area (Å²) in [6, 6.07) is 0. The van der Waals surface area contributed by atoms with Crippen molar-refractivity contribution >= 4 is 11.9 Å². The zero-order valence-electron chi connectivity index (χ0n) is 41.2. The minimum Gasteiger partial charge on any atom is -0.462 e. The van der Waals surface area contributed by atoms with Crippen molar-refractivity contribution in [3.63, 3.8) is 0 Å². The largest absolute Gasteiger partial charge is 0.462 e. The lowest BCUT2D eigenvalue weighted by Gasteiger charge is -2.18. The number of ether oxygens (including phenoxy) is 3. The normalized spacial score (nSPS) is 13.4. The summed E-state index contributed by atoms with van der Waals surface area (Å²) in [7, 11) is 0. The molecule has 0 rings (SSSR count). The minimum absolute atomic E-state index is 0.00853. The molecule has 0 spiro atoms. The molecule has 0 aliphatic carbocycles. The molecule has 0 heterocycles. The van der Waals surface area contributed by atoms with Crippen molar-refractivity contribution in [3.8, 4) is 0 Å². The quantitative estimate of drug-likeness (QED) is 0.0346. The Kier molecular flexibility index (Phi) is 50.1. The highest BCUT2D eigenvalue weighted by atomic mass is 16.6. The Morgan fingerprint density at radius 3 is 1.09 bits per heavy atom. The van der Waals surface area contributed by atoms with Crippen molar-refractivity contribution in [1.82, 2.24) is 0 Å². The molecule has 0 saturated carbocycles. The van der Waals surface area contributed by atoms with Crippen LogP contribution in [0.1, 0.15) is 201 Å². The van der Waals surface area contributed by atoms with Crippen LogP contribution in [0, 0.1) is 0 Å². The van der Waals surface area contributed by atoms with Gasteiger partial charge in [0.2, 0.25) is 0 Å². The van der Waals surface area contributed by atoms with E-state index in [1.54, 1.807) is 0 Å². The zero-order chi connectivity index (χ0) is 46.3. The lowest BCUT2D eigenvalue weighted by Crippen LogP contribution is -2.30. The van der Waals surface area contributed by atoms with Crippen LogP contribution < -0.4 is 0 Å². The summed E-state index contributed by atoms with van der Waals surface area (Å²) in [5.74, 6) is -0.542. The van der Waals surface area contributed by atoms with Crippen LogP contribution in [-0.2, 0) is 23.8 Å². The fourth-order valence-corrected chi connectivity index (χ4v) is 6.48. The number of hydrogen-bond acceptors (Lipinski definition) is 5. The molecule has 0 saturated heterocycles. The number of esters is 2. The van der Waals surface area contributed by atoms with Crippen LogP contribution in [0.15, 0.2) is 134 Å². The molecular formula is C59H94O5. The van der Waals surface area contributed by atoms with Crippen molar-refractivity contribution in [3.05, 3.63) is 134 Å². The van der Waals surface area contributed by atoms with Gasteiger partial charge in [-0.3, -0.25) is 9.59 Å². The molecule has 1 atom stereocenters. The first kappa shape index (κ1) is 60.0. The molecule has 0 N–H and O–H groups in total. The second-order valence-electron chi connectivity index (χ2n) is 16.3. The highest BCUT2D eigenvalue weighted by molar-refractivity contribution is 5.70. The smallest absolute Gasteiger partial charge is 0.306 e. The topological polar surface area (TPSA) is 61.8 Å². The summed E-state index contributed by atoms with van der Waals surface area (Å²) in [5.41, 5.74) is 0. The van der Waals surface area contributed by atoms with Gasteiger partial charge in [-0.25, -0.2) is 0 Å². The van der Waals surface area contributed by atoms with E-state index in [4.69, 9.17) is 14.2 Å². The van der Waals surface area contributed by atoms with Crippen LogP contribution in [-0.4, -0.2) is 37.9 Å². The second kappa shape index (κ2) is 53.4. The fraction of sp³-hybridized carbons (Fsp3) is 0.593. The van der Waals surface area contributed by atoms with E-state index in [1.165, 1.54) is 64.2 Å². The average Bonchev–Trinajstić information content (AvgIpc) is 3.30. The molecule has 64 heavy (non-hydrogen) atoms. The van der Waals surface area contributed by atoms with Gasteiger partial charge in [0.25, 0.3) is 0 Å². The molecule has 0 aliphatic rings. The summed E-state index contributed by atoms with van der Waals surface area (Å²) in [6.45, 7) is 7.29. The Morgan fingerprint density at radius 2 is 0.703 bits per heavy atom. The van der Waals surface area contributed by atoms with Crippen molar-refractivity contribution in [2.45, 2.75) is 207 Å². The number of carbonyl (C=O) groups is 2. The van der Waals surface area contributed by atoms with E-state index in [9.17, 15) is 9.59 Å². The summed E-state index contributed by atoms with van der Waals surface area (Å²) in [6.07, 6.45) is 76.3. The SMILES string of the molecule is CC/C=C\C/C=C\C/C=C\C/C=C\C/C=C\C/C=C\CCC(=O)OCC(COCC/C=C\C/C=C\C/C=C\C/C=C\C/C=C\CC)OC(=O)CCCCCCCCCCCCCCC. The van der Waals surface area contributed by atoms with Gasteiger partial charge >= 0.3 is 11.9 Å². The molecule has 1 unspecified atom stereocenters. The van der Waals surface area contributed by atoms with E-state index >= 15 is 0 Å². The molecule has 360 valence electrons. The lowest BCUT2D eigenvalue weighted by atomic mass is 10.0. The Labute approximate surface area is 394 Å². The summed E-state index contributed by atoms with van der Waals surface area (Å²) in [5, 5.41) is 0. The predicted octanol–water partition coefficient (Wildman–Crippen LogP) is 17.6. The molecule has 0 radical (unpaired) electrons. The molecule has 0 aromatic rings. The standard InChI is InChI=1S/C59H94O5/c1-4-7-10-13-16-19-22-25-27-29-30-31-32-35-37-40-43-46-49-52-58(60)63-56-57(64-59(61)53-50-47-44-41-38-34-24-21-18-15-12-9-6-3)55-62-54-51-48-45-42-39-36-33-28-26-23-20-17-14-11-8-5-2/h7-8,10-11,16-17,19-20,25-28,30-31,35-37,39,43,45-46,48,57H,4-6,9,12-15,18,21-24,29,32-34,38,40-42,44,47,49-56H2,1-3H3/b10-7-,11-8-,19-16-,20-17-,27-25-,28-26-,31-30-,37-35-,39-36-,46-43-,48-45-. The summed E-state index contributed by atoms with van der Waals surface area (Å²) < 4.78 is 17.2. The van der Waals surface area contributed by atoms with Gasteiger partial charge in [-0.05, 0) is 89.9 Å². The van der Waals surface area contributed by atoms with E-state index in [0.29, 0.717) is 19.4 Å². The van der Waals surface area contributed by atoms with E-state index < -0.39 is 6.10 Å². The van der Waals surface area contributed by atoms with Crippen molar-refractivity contribution < 1.29 is 23.8 Å². The Balaban J connectivity index is 4.51. The minimum atomic E-state index is -0.613. The Bertz CT molecular complexity index is 1370. The van der Waals surface area contributed by atoms with Gasteiger partial charge in [-0.2, -0.15) is 0 Å². The van der Waals surface area contributed by atoms with Crippen LogP contribution in [0.5, 0.6) is 0 Å². The number of unbranched alkanes of at least 4 members (excludes halogenated alkanes) is 12. The van der Waals surface area contributed by atoms with Gasteiger partial charge in [-0.15, -0.1) is 0 Å². The highest BCUT2D eigenvalue weighted by Gasteiger charge is 2.17. The Morgan fingerprint density at radius 1 is 0.359 bits per heavy atom. The van der Waals surface area contributed by atoms with Gasteiger partial charge in [0.05, 0.1) is 13.2 Å². The summed E-state index contributed by atoms with van der Waals surface area (Å²) in [4.78, 5) is 25.4. The van der Waals surface area contributed by atoms with E-state index in [0.717, 1.165) is 96.3 Å². The third kappa shape index (κ3) is 50.7. The van der Waals surface area contributed by atoms with Gasteiger partial charge in [-0.1, -0.05) is 231 Å². The van der Waals surface area contributed by atoms with E-state index in [2.05, 4.69) is 148 Å². The van der Waals surface area contributed by atoms with Crippen LogP contribution in [0.25, 0.3) is 0 Å². The second-order valence-corrected chi connectivity index (χ2v) is 16.3. The number of rotatable bonds is 45. The van der Waals surface area contributed by atoms with Crippen molar-refractivity contribution in [1.29, 1.82) is 0 Å². The van der Waals surface area contributed by atoms with E-state index in [-0.39, 0.29) is 31.6 Å². The first-order chi connectivity index (χ1) is 31.6. The fourth-order valence-electron chi connectivity index (χ4n) is 6.48. The third-order valence-electron chi connectivity index (χ3n) is 10.2. The number of hydrogen-bond donors (Lipinski definition) is 0. The third-order valence-corrected chi connectivity index (χ3v) is 10.2. The van der Waals surface area contributed by atoms with Crippen molar-refractivity contribution in [2.75, 3.05) is 19.8 Å². The highest BCUT2D eigenvalue weighted by Crippen LogP contribution is 2.14. The van der Waals surface area contributed by atoms with Gasteiger partial charge in [0.15, 0.2) is 6.10 Å². The molecule has 0 bridgehead atoms. The zero-order valence-corrected chi connectivity index (χ0v) is 41.2. The van der Waals surface area contributed by atoms with Gasteiger partial charge in [0, 0.05) is 12.8 Å². The maximum absolute atomic E-state index is 12.8. The first-order valence-corrected chi connectivity index (χ1v) is 25.7. The molecule has 0 amide bonds. The van der Waals surface area contributed by atoms with Crippen LogP contribution >= 0.6 is 0 Å². The molecule has 5 heteroatoms. The van der Waals surface area contributed by atoms with Crippen LogP contribution in [0.4, 0.5) is 0 Å².